The normalized spacial score (nSPS) is 14.0. The van der Waals surface area contributed by atoms with Gasteiger partial charge in [0.15, 0.2) is 5.76 Å². The molecule has 3 aromatic carbocycles. The molecule has 0 bridgehead atoms. The van der Waals surface area contributed by atoms with E-state index < -0.39 is 21.3 Å². The second-order valence-corrected chi connectivity index (χ2v) is 12.3. The number of hydrogen-bond acceptors (Lipinski definition) is 6. The second kappa shape index (κ2) is 10.4. The van der Waals surface area contributed by atoms with Crippen LogP contribution in [0.25, 0.3) is 33.7 Å². The van der Waals surface area contributed by atoms with Crippen LogP contribution in [0.15, 0.2) is 102 Å². The van der Waals surface area contributed by atoms with Gasteiger partial charge in [0, 0.05) is 28.8 Å². The first-order chi connectivity index (χ1) is 19.7. The Morgan fingerprint density at radius 1 is 0.829 bits per heavy atom. The minimum atomic E-state index is -3.60. The van der Waals surface area contributed by atoms with Crippen molar-refractivity contribution < 1.29 is 17.7 Å². The fourth-order valence-electron chi connectivity index (χ4n) is 5.19. The highest BCUT2D eigenvalue weighted by Gasteiger charge is 2.52. The van der Waals surface area contributed by atoms with Crippen molar-refractivity contribution in [2.75, 3.05) is 6.26 Å². The quantitative estimate of drug-likeness (QED) is 0.246. The average molecular weight is 564 g/mol. The number of pyridine rings is 1. The second-order valence-electron chi connectivity index (χ2n) is 10.6. The Hall–Kier alpha value is -4.56. The monoisotopic (exact) mass is 563 g/mol. The van der Waals surface area contributed by atoms with Crippen LogP contribution in [0.4, 0.5) is 0 Å². The molecule has 41 heavy (non-hydrogen) atoms. The summed E-state index contributed by atoms with van der Waals surface area (Å²) >= 11 is 0. The topological polar surface area (TPSA) is 102 Å². The molecule has 0 unspecified atom stereocenters. The predicted octanol–water partition coefficient (Wildman–Crippen LogP) is 6.08. The fraction of sp³-hybridized carbons (Fsp3) is 0.182. The van der Waals surface area contributed by atoms with E-state index in [0.29, 0.717) is 19.3 Å². The molecule has 0 saturated heterocycles. The molecule has 206 valence electrons. The van der Waals surface area contributed by atoms with Crippen molar-refractivity contribution in [1.82, 2.24) is 14.9 Å². The number of nitrogens with zero attached hydrogens (tertiary/aromatic N) is 2. The Labute approximate surface area is 239 Å². The molecule has 1 N–H and O–H groups in total. The van der Waals surface area contributed by atoms with Gasteiger partial charge in [0.05, 0.1) is 23.1 Å². The molecular formula is C33H29N3O4S. The number of sulfonamides is 1. The van der Waals surface area contributed by atoms with E-state index in [-0.39, 0.29) is 0 Å². The van der Waals surface area contributed by atoms with Crippen molar-refractivity contribution in [2.45, 2.75) is 31.6 Å². The summed E-state index contributed by atoms with van der Waals surface area (Å²) in [5, 5.41) is 4.25. The molecule has 1 aliphatic rings. The highest BCUT2D eigenvalue weighted by atomic mass is 32.2. The van der Waals surface area contributed by atoms with Gasteiger partial charge in [0.1, 0.15) is 0 Å². The zero-order valence-electron chi connectivity index (χ0n) is 22.8. The van der Waals surface area contributed by atoms with Crippen LogP contribution in [0.1, 0.15) is 35.4 Å². The molecule has 1 amide bonds. The maximum atomic E-state index is 12.6. The Kier molecular flexibility index (Phi) is 6.79. The Morgan fingerprint density at radius 2 is 1.46 bits per heavy atom. The Morgan fingerprint density at radius 3 is 2.10 bits per heavy atom. The molecule has 1 saturated carbocycles. The first-order valence-corrected chi connectivity index (χ1v) is 15.3. The third-order valence-corrected chi connectivity index (χ3v) is 8.16. The summed E-state index contributed by atoms with van der Waals surface area (Å²) in [6.07, 6.45) is 2.86. The van der Waals surface area contributed by atoms with E-state index in [2.05, 4.69) is 22.0 Å². The lowest BCUT2D eigenvalue weighted by molar-refractivity contribution is -0.121. The van der Waals surface area contributed by atoms with Crippen LogP contribution >= 0.6 is 0 Å². The van der Waals surface area contributed by atoms with E-state index in [9.17, 15) is 13.2 Å². The van der Waals surface area contributed by atoms with Gasteiger partial charge < -0.3 is 4.52 Å². The molecule has 2 aromatic heterocycles. The van der Waals surface area contributed by atoms with Crippen LogP contribution in [-0.4, -0.2) is 30.7 Å². The number of rotatable bonds is 8. The zero-order valence-corrected chi connectivity index (χ0v) is 23.6. The lowest BCUT2D eigenvalue weighted by atomic mass is 9.93. The van der Waals surface area contributed by atoms with E-state index in [4.69, 9.17) is 9.51 Å². The van der Waals surface area contributed by atoms with E-state index >= 15 is 0 Å². The molecule has 0 radical (unpaired) electrons. The number of amides is 1. The van der Waals surface area contributed by atoms with E-state index in [1.54, 1.807) is 0 Å². The summed E-state index contributed by atoms with van der Waals surface area (Å²) in [4.78, 5) is 17.5. The minimum Gasteiger partial charge on any atom is -0.356 e. The molecule has 0 aliphatic heterocycles. The molecule has 8 heteroatoms. The van der Waals surface area contributed by atoms with Gasteiger partial charge in [-0.3, -0.25) is 14.5 Å². The van der Waals surface area contributed by atoms with Crippen molar-refractivity contribution in [3.8, 4) is 33.7 Å². The summed E-state index contributed by atoms with van der Waals surface area (Å²) in [7, 11) is -3.60. The third kappa shape index (κ3) is 5.56. The maximum absolute atomic E-state index is 12.6. The third-order valence-electron chi connectivity index (χ3n) is 7.60. The Bertz CT molecular complexity index is 1820. The number of hydrogen-bond donors (Lipinski definition) is 1. The predicted molar refractivity (Wildman–Crippen MR) is 158 cm³/mol. The summed E-state index contributed by atoms with van der Waals surface area (Å²) in [5.74, 6) is 0.265. The molecule has 0 atom stereocenters. The zero-order chi connectivity index (χ0) is 28.6. The summed E-state index contributed by atoms with van der Waals surface area (Å²) in [6, 6.07) is 32.0. The number of aryl methyl sites for hydroxylation is 1. The highest BCUT2D eigenvalue weighted by Crippen LogP contribution is 2.48. The summed E-state index contributed by atoms with van der Waals surface area (Å²) in [5.41, 5.74) is 7.78. The van der Waals surface area contributed by atoms with Crippen molar-refractivity contribution in [3.05, 3.63) is 120 Å². The molecular weight excluding hydrogens is 534 g/mol. The maximum Gasteiger partial charge on any atom is 0.244 e. The number of carbonyl (C=O) groups is 1. The van der Waals surface area contributed by atoms with Crippen LogP contribution in [0.2, 0.25) is 0 Å². The number of benzene rings is 3. The van der Waals surface area contributed by atoms with Crippen LogP contribution in [0.3, 0.4) is 0 Å². The molecule has 2 heterocycles. The van der Waals surface area contributed by atoms with Crippen molar-refractivity contribution >= 4 is 15.9 Å². The van der Waals surface area contributed by atoms with E-state index in [0.717, 1.165) is 62.5 Å². The SMILES string of the molecule is Cc1noc(-c2ccc(-c3ccc(C4(C(=O)NS(C)(=O)=O)CC4)cc3)cc2)c1Cc1cccc(-c2ccccc2)n1. The van der Waals surface area contributed by atoms with Gasteiger partial charge >= 0.3 is 0 Å². The van der Waals surface area contributed by atoms with Gasteiger partial charge in [-0.2, -0.15) is 0 Å². The number of carbonyl (C=O) groups excluding carboxylic acids is 1. The lowest BCUT2D eigenvalue weighted by Gasteiger charge is -2.15. The number of nitrogens with one attached hydrogen (secondary N) is 1. The molecule has 0 spiro atoms. The molecule has 1 fully saturated rings. The molecule has 7 nitrogen and oxygen atoms in total. The molecule has 1 aliphatic carbocycles. The van der Waals surface area contributed by atoms with Gasteiger partial charge in [-0.1, -0.05) is 90.1 Å². The number of aromatic nitrogens is 2. The van der Waals surface area contributed by atoms with Crippen LogP contribution < -0.4 is 4.72 Å². The van der Waals surface area contributed by atoms with Gasteiger partial charge in [-0.05, 0) is 48.6 Å². The van der Waals surface area contributed by atoms with Gasteiger partial charge in [0.2, 0.25) is 15.9 Å². The van der Waals surface area contributed by atoms with Crippen LogP contribution in [0, 0.1) is 6.92 Å². The summed E-state index contributed by atoms with van der Waals surface area (Å²) in [6.45, 7) is 1.95. The lowest BCUT2D eigenvalue weighted by Crippen LogP contribution is -2.38. The van der Waals surface area contributed by atoms with Crippen molar-refractivity contribution in [1.29, 1.82) is 0 Å². The smallest absolute Gasteiger partial charge is 0.244 e. The van der Waals surface area contributed by atoms with Gasteiger partial charge in [-0.15, -0.1) is 0 Å². The standard InChI is InChI=1S/C33H29N3O4S/c1-22-29(21-28-9-6-10-30(34-28)25-7-4-3-5-8-25)31(40-35-22)26-13-11-23(12-14-26)24-15-17-27(18-16-24)33(19-20-33)32(37)36-41(2,38)39/h3-18H,19-21H2,1-2H3,(H,36,37). The highest BCUT2D eigenvalue weighted by molar-refractivity contribution is 7.89. The molecule has 5 aromatic rings. The van der Waals surface area contributed by atoms with Crippen LogP contribution in [-0.2, 0) is 26.7 Å². The first kappa shape index (κ1) is 26.7. The minimum absolute atomic E-state index is 0.461. The fourth-order valence-corrected chi connectivity index (χ4v) is 5.72. The van der Waals surface area contributed by atoms with Crippen molar-refractivity contribution in [2.24, 2.45) is 0 Å². The van der Waals surface area contributed by atoms with Crippen LogP contribution in [0.5, 0.6) is 0 Å². The van der Waals surface area contributed by atoms with Gasteiger partial charge in [0.25, 0.3) is 0 Å². The van der Waals surface area contributed by atoms with Gasteiger partial charge in [-0.25, -0.2) is 8.42 Å². The van der Waals surface area contributed by atoms with E-state index in [1.807, 2.05) is 91.9 Å². The average Bonchev–Trinajstić information content (AvgIpc) is 3.72. The van der Waals surface area contributed by atoms with Crippen molar-refractivity contribution in [3.63, 3.8) is 0 Å². The Balaban J connectivity index is 1.21. The summed E-state index contributed by atoms with van der Waals surface area (Å²) < 4.78 is 31.0. The van der Waals surface area contributed by atoms with E-state index in [1.165, 1.54) is 0 Å². The molecule has 6 rings (SSSR count). The first-order valence-electron chi connectivity index (χ1n) is 13.4. The largest absolute Gasteiger partial charge is 0.356 e.